The maximum Gasteiger partial charge on any atom is 0.225 e. The molecule has 1 aromatic rings. The summed E-state index contributed by atoms with van der Waals surface area (Å²) in [5.74, 6) is 2.39. The minimum Gasteiger partial charge on any atom is -0.340 e. The summed E-state index contributed by atoms with van der Waals surface area (Å²) in [4.78, 5) is 11.4. The number of rotatable bonds is 4. The highest BCUT2D eigenvalue weighted by Crippen LogP contribution is 2.35. The number of nitrogens with one attached hydrogen (secondary N) is 1. The SMILES string of the molecule is CNCC1CCN(c2ncc(C3CCC3)cn2)C1. The summed E-state index contributed by atoms with van der Waals surface area (Å²) in [6.07, 6.45) is 9.32. The van der Waals surface area contributed by atoms with Gasteiger partial charge in [0.05, 0.1) is 0 Å². The standard InChI is InChI=1S/C14H22N4/c1-15-7-11-5-6-18(10-11)14-16-8-13(9-17-14)12-3-2-4-12/h8-9,11-12,15H,2-7,10H2,1H3. The molecule has 1 saturated heterocycles. The highest BCUT2D eigenvalue weighted by atomic mass is 15.3. The highest BCUT2D eigenvalue weighted by Gasteiger charge is 2.24. The van der Waals surface area contributed by atoms with E-state index in [9.17, 15) is 0 Å². The van der Waals surface area contributed by atoms with Crippen molar-refractivity contribution in [3.63, 3.8) is 0 Å². The maximum absolute atomic E-state index is 4.55. The average Bonchev–Trinajstić information content (AvgIpc) is 2.77. The van der Waals surface area contributed by atoms with Gasteiger partial charge >= 0.3 is 0 Å². The van der Waals surface area contributed by atoms with Gasteiger partial charge in [0.15, 0.2) is 0 Å². The van der Waals surface area contributed by atoms with Gasteiger partial charge < -0.3 is 10.2 Å². The topological polar surface area (TPSA) is 41.0 Å². The molecule has 18 heavy (non-hydrogen) atoms. The molecule has 98 valence electrons. The van der Waals surface area contributed by atoms with Crippen LogP contribution in [0.1, 0.15) is 37.2 Å². The fraction of sp³-hybridized carbons (Fsp3) is 0.714. The fourth-order valence-electron chi connectivity index (χ4n) is 2.92. The summed E-state index contributed by atoms with van der Waals surface area (Å²) in [6.45, 7) is 3.27. The number of anilines is 1. The van der Waals surface area contributed by atoms with Crippen molar-refractivity contribution >= 4 is 5.95 Å². The lowest BCUT2D eigenvalue weighted by atomic mass is 9.81. The normalized spacial score (nSPS) is 24.3. The van der Waals surface area contributed by atoms with Gasteiger partial charge in [0, 0.05) is 25.5 Å². The van der Waals surface area contributed by atoms with Gasteiger partial charge in [-0.2, -0.15) is 0 Å². The lowest BCUT2D eigenvalue weighted by Crippen LogP contribution is -2.25. The van der Waals surface area contributed by atoms with E-state index in [1.807, 2.05) is 19.4 Å². The molecule has 1 aliphatic heterocycles. The average molecular weight is 246 g/mol. The van der Waals surface area contributed by atoms with E-state index in [4.69, 9.17) is 0 Å². The second kappa shape index (κ2) is 5.22. The molecule has 1 saturated carbocycles. The van der Waals surface area contributed by atoms with Gasteiger partial charge in [0.1, 0.15) is 0 Å². The van der Waals surface area contributed by atoms with E-state index in [1.54, 1.807) is 0 Å². The van der Waals surface area contributed by atoms with Crippen LogP contribution in [-0.4, -0.2) is 36.6 Å². The summed E-state index contributed by atoms with van der Waals surface area (Å²) >= 11 is 0. The Morgan fingerprint density at radius 1 is 1.28 bits per heavy atom. The van der Waals surface area contributed by atoms with Crippen LogP contribution in [0.3, 0.4) is 0 Å². The second-order valence-electron chi connectivity index (χ2n) is 5.60. The van der Waals surface area contributed by atoms with Crippen molar-refractivity contribution in [3.8, 4) is 0 Å². The van der Waals surface area contributed by atoms with Gasteiger partial charge in [-0.15, -0.1) is 0 Å². The maximum atomic E-state index is 4.55. The van der Waals surface area contributed by atoms with Crippen LogP contribution in [0.25, 0.3) is 0 Å². The second-order valence-corrected chi connectivity index (χ2v) is 5.60. The van der Waals surface area contributed by atoms with Crippen molar-refractivity contribution in [1.29, 1.82) is 0 Å². The van der Waals surface area contributed by atoms with E-state index in [0.29, 0.717) is 0 Å². The predicted octanol–water partition coefficient (Wildman–Crippen LogP) is 1.79. The quantitative estimate of drug-likeness (QED) is 0.879. The molecule has 0 spiro atoms. The number of hydrogen-bond acceptors (Lipinski definition) is 4. The van der Waals surface area contributed by atoms with Crippen LogP contribution < -0.4 is 10.2 Å². The molecule has 0 aromatic carbocycles. The van der Waals surface area contributed by atoms with Gasteiger partial charge in [-0.3, -0.25) is 0 Å². The summed E-state index contributed by atoms with van der Waals surface area (Å²) in [5, 5.41) is 3.25. The molecular weight excluding hydrogens is 224 g/mol. The molecule has 0 bridgehead atoms. The monoisotopic (exact) mass is 246 g/mol. The van der Waals surface area contributed by atoms with Crippen molar-refractivity contribution < 1.29 is 0 Å². The van der Waals surface area contributed by atoms with Crippen LogP contribution in [-0.2, 0) is 0 Å². The Labute approximate surface area is 109 Å². The molecule has 4 heteroatoms. The van der Waals surface area contributed by atoms with E-state index in [2.05, 4.69) is 20.2 Å². The van der Waals surface area contributed by atoms with Crippen molar-refractivity contribution in [1.82, 2.24) is 15.3 Å². The molecule has 0 amide bonds. The molecule has 2 aliphatic rings. The predicted molar refractivity (Wildman–Crippen MR) is 72.9 cm³/mol. The van der Waals surface area contributed by atoms with E-state index >= 15 is 0 Å². The van der Waals surface area contributed by atoms with Gasteiger partial charge in [-0.25, -0.2) is 9.97 Å². The van der Waals surface area contributed by atoms with Crippen molar-refractivity contribution in [3.05, 3.63) is 18.0 Å². The minimum atomic E-state index is 0.731. The van der Waals surface area contributed by atoms with E-state index in [0.717, 1.165) is 37.4 Å². The smallest absolute Gasteiger partial charge is 0.225 e. The fourth-order valence-corrected chi connectivity index (χ4v) is 2.92. The Hall–Kier alpha value is -1.16. The third-order valence-corrected chi connectivity index (χ3v) is 4.30. The van der Waals surface area contributed by atoms with Gasteiger partial charge in [-0.1, -0.05) is 6.42 Å². The van der Waals surface area contributed by atoms with Gasteiger partial charge in [0.25, 0.3) is 0 Å². The molecule has 4 nitrogen and oxygen atoms in total. The van der Waals surface area contributed by atoms with Crippen LogP contribution in [0.5, 0.6) is 0 Å². The summed E-state index contributed by atoms with van der Waals surface area (Å²) < 4.78 is 0. The number of aromatic nitrogens is 2. The number of hydrogen-bond donors (Lipinski definition) is 1. The van der Waals surface area contributed by atoms with Crippen molar-refractivity contribution in [2.45, 2.75) is 31.6 Å². The van der Waals surface area contributed by atoms with E-state index in [1.165, 1.54) is 31.2 Å². The minimum absolute atomic E-state index is 0.731. The zero-order chi connectivity index (χ0) is 12.4. The molecule has 1 aromatic heterocycles. The third kappa shape index (κ3) is 2.34. The van der Waals surface area contributed by atoms with Crippen LogP contribution in [0.15, 0.2) is 12.4 Å². The van der Waals surface area contributed by atoms with Crippen LogP contribution in [0.2, 0.25) is 0 Å². The van der Waals surface area contributed by atoms with Crippen LogP contribution in [0, 0.1) is 5.92 Å². The Morgan fingerprint density at radius 3 is 2.67 bits per heavy atom. The molecule has 2 fully saturated rings. The lowest BCUT2D eigenvalue weighted by Gasteiger charge is -2.25. The molecular formula is C14H22N4. The number of nitrogens with zero attached hydrogens (tertiary/aromatic N) is 3. The molecule has 2 heterocycles. The summed E-state index contributed by atoms with van der Waals surface area (Å²) in [7, 11) is 2.02. The zero-order valence-corrected chi connectivity index (χ0v) is 11.1. The first-order valence-corrected chi connectivity index (χ1v) is 7.08. The zero-order valence-electron chi connectivity index (χ0n) is 11.1. The first kappa shape index (κ1) is 11.9. The van der Waals surface area contributed by atoms with E-state index < -0.39 is 0 Å². The van der Waals surface area contributed by atoms with Gasteiger partial charge in [0.2, 0.25) is 5.95 Å². The van der Waals surface area contributed by atoms with E-state index in [-0.39, 0.29) is 0 Å². The lowest BCUT2D eigenvalue weighted by molar-refractivity contribution is 0.417. The van der Waals surface area contributed by atoms with Crippen LogP contribution >= 0.6 is 0 Å². The van der Waals surface area contributed by atoms with Crippen molar-refractivity contribution in [2.75, 3.05) is 31.6 Å². The highest BCUT2D eigenvalue weighted by molar-refractivity contribution is 5.32. The van der Waals surface area contributed by atoms with Gasteiger partial charge in [-0.05, 0) is 50.3 Å². The molecule has 1 N–H and O–H groups in total. The first-order chi connectivity index (χ1) is 8.86. The molecule has 0 radical (unpaired) electrons. The molecule has 1 aliphatic carbocycles. The Balaban J connectivity index is 1.62. The molecule has 1 unspecified atom stereocenters. The molecule has 1 atom stereocenters. The van der Waals surface area contributed by atoms with Crippen molar-refractivity contribution in [2.24, 2.45) is 5.92 Å². The first-order valence-electron chi connectivity index (χ1n) is 7.08. The summed E-state index contributed by atoms with van der Waals surface area (Å²) in [6, 6.07) is 0. The third-order valence-electron chi connectivity index (χ3n) is 4.30. The molecule has 3 rings (SSSR count). The summed E-state index contributed by atoms with van der Waals surface area (Å²) in [5.41, 5.74) is 1.33. The largest absolute Gasteiger partial charge is 0.340 e. The Kier molecular flexibility index (Phi) is 3.46. The Morgan fingerprint density at radius 2 is 2.06 bits per heavy atom. The van der Waals surface area contributed by atoms with Crippen LogP contribution in [0.4, 0.5) is 5.95 Å². The Bertz CT molecular complexity index is 385.